The van der Waals surface area contributed by atoms with Gasteiger partial charge in [0.25, 0.3) is 5.69 Å². The van der Waals surface area contributed by atoms with Crippen molar-refractivity contribution in [1.29, 1.82) is 0 Å². The molecule has 8 rings (SSSR count). The first-order valence-electron chi connectivity index (χ1n) is 15.7. The van der Waals surface area contributed by atoms with Crippen molar-refractivity contribution in [2.45, 2.75) is 13.8 Å². The second-order valence-electron chi connectivity index (χ2n) is 12.1. The van der Waals surface area contributed by atoms with Crippen molar-refractivity contribution in [2.24, 2.45) is 0 Å². The molecule has 5 nitrogen and oxygen atoms in total. The summed E-state index contributed by atoms with van der Waals surface area (Å²) in [6, 6.07) is 52.1. The molecular weight excluding hydrogens is 578 g/mol. The molecule has 0 atom stereocenters. The molecule has 0 aliphatic rings. The third-order valence-electron chi connectivity index (χ3n) is 8.96. The first-order valence-corrected chi connectivity index (χ1v) is 15.7. The van der Waals surface area contributed by atoms with E-state index in [1.165, 1.54) is 11.1 Å². The lowest BCUT2D eigenvalue weighted by molar-refractivity contribution is -0.384. The van der Waals surface area contributed by atoms with Crippen molar-refractivity contribution in [3.05, 3.63) is 173 Å². The molecular formula is C42H31N3O2. The fraction of sp³-hybridized carbons (Fsp3) is 0.0476. The zero-order chi connectivity index (χ0) is 32.1. The van der Waals surface area contributed by atoms with Gasteiger partial charge < -0.3 is 9.80 Å². The molecule has 0 unspecified atom stereocenters. The largest absolute Gasteiger partial charge is 0.310 e. The predicted molar refractivity (Wildman–Crippen MR) is 196 cm³/mol. The molecule has 47 heavy (non-hydrogen) atoms. The van der Waals surface area contributed by atoms with Crippen molar-refractivity contribution >= 4 is 72.1 Å². The number of aryl methyl sites for hydroxylation is 2. The zero-order valence-electron chi connectivity index (χ0n) is 26.1. The number of para-hydroxylation sites is 2. The van der Waals surface area contributed by atoms with Crippen LogP contribution in [-0.4, -0.2) is 4.92 Å². The third kappa shape index (κ3) is 4.89. The van der Waals surface area contributed by atoms with Gasteiger partial charge in [0.2, 0.25) is 0 Å². The number of nitrogens with zero attached hydrogens (tertiary/aromatic N) is 3. The number of non-ortho nitro benzene ring substituents is 1. The predicted octanol–water partition coefficient (Wildman–Crippen LogP) is 12.0. The van der Waals surface area contributed by atoms with Gasteiger partial charge in [-0.05, 0) is 84.6 Å². The smallest absolute Gasteiger partial charge is 0.270 e. The van der Waals surface area contributed by atoms with Gasteiger partial charge >= 0.3 is 0 Å². The summed E-state index contributed by atoms with van der Waals surface area (Å²) in [7, 11) is 0. The highest BCUT2D eigenvalue weighted by atomic mass is 16.6. The summed E-state index contributed by atoms with van der Waals surface area (Å²) in [5.41, 5.74) is 8.66. The number of nitro groups is 1. The van der Waals surface area contributed by atoms with Crippen LogP contribution >= 0.6 is 0 Å². The number of rotatable bonds is 7. The minimum Gasteiger partial charge on any atom is -0.310 e. The van der Waals surface area contributed by atoms with Gasteiger partial charge in [0, 0.05) is 51.0 Å². The molecule has 226 valence electrons. The van der Waals surface area contributed by atoms with Crippen LogP contribution in [0.1, 0.15) is 11.1 Å². The quantitative estimate of drug-likeness (QED) is 0.102. The summed E-state index contributed by atoms with van der Waals surface area (Å²) in [4.78, 5) is 16.2. The molecule has 0 saturated heterocycles. The Labute approximate surface area is 273 Å². The fourth-order valence-corrected chi connectivity index (χ4v) is 6.73. The standard InChI is InChI=1S/C42H31N3O2/c1-28-13-19-34(20-14-28)43(32-9-5-3-6-10-32)39-27-40(44(33-11-7-4-8-12-33)35-21-15-29(2)16-22-35)38-24-18-31-26-36(45(46)47)25-30-17-23-37(39)42(38)41(30)31/h3-27H,1-2H3. The molecule has 0 amide bonds. The van der Waals surface area contributed by atoms with E-state index < -0.39 is 0 Å². The molecule has 0 bridgehead atoms. The monoisotopic (exact) mass is 609 g/mol. The van der Waals surface area contributed by atoms with Gasteiger partial charge in [-0.3, -0.25) is 10.1 Å². The molecule has 0 spiro atoms. The number of hydrogen-bond donors (Lipinski definition) is 0. The second-order valence-corrected chi connectivity index (χ2v) is 12.1. The number of hydrogen-bond acceptors (Lipinski definition) is 4. The molecule has 0 heterocycles. The van der Waals surface area contributed by atoms with E-state index in [-0.39, 0.29) is 10.6 Å². The van der Waals surface area contributed by atoms with Gasteiger partial charge in [0.15, 0.2) is 0 Å². The topological polar surface area (TPSA) is 49.6 Å². The summed E-state index contributed by atoms with van der Waals surface area (Å²) in [5.74, 6) is 0. The van der Waals surface area contributed by atoms with Crippen molar-refractivity contribution in [1.82, 2.24) is 0 Å². The maximum atomic E-state index is 11.9. The van der Waals surface area contributed by atoms with E-state index in [1.807, 2.05) is 24.3 Å². The normalized spacial score (nSPS) is 11.4. The Kier molecular flexibility index (Phi) is 6.80. The highest BCUT2D eigenvalue weighted by Crippen LogP contribution is 2.50. The summed E-state index contributed by atoms with van der Waals surface area (Å²) >= 11 is 0. The minimum absolute atomic E-state index is 0.0902. The van der Waals surface area contributed by atoms with Crippen LogP contribution in [0.3, 0.4) is 0 Å². The average molecular weight is 610 g/mol. The molecule has 0 aliphatic carbocycles. The highest BCUT2D eigenvalue weighted by molar-refractivity contribution is 6.29. The molecule has 8 aromatic rings. The van der Waals surface area contributed by atoms with Crippen LogP contribution in [0, 0.1) is 24.0 Å². The van der Waals surface area contributed by atoms with E-state index >= 15 is 0 Å². The van der Waals surface area contributed by atoms with Gasteiger partial charge in [-0.2, -0.15) is 0 Å². The molecule has 0 fully saturated rings. The van der Waals surface area contributed by atoms with Gasteiger partial charge in [-0.1, -0.05) is 96.1 Å². The van der Waals surface area contributed by atoms with E-state index in [4.69, 9.17) is 0 Å². The summed E-state index contributed by atoms with van der Waals surface area (Å²) in [5, 5.41) is 17.8. The molecule has 0 aliphatic heterocycles. The summed E-state index contributed by atoms with van der Waals surface area (Å²) in [6.45, 7) is 4.20. The van der Waals surface area contributed by atoms with E-state index in [9.17, 15) is 10.1 Å². The maximum Gasteiger partial charge on any atom is 0.270 e. The van der Waals surface area contributed by atoms with Crippen molar-refractivity contribution < 1.29 is 4.92 Å². The average Bonchev–Trinajstić information content (AvgIpc) is 3.10. The Morgan fingerprint density at radius 1 is 0.468 bits per heavy atom. The van der Waals surface area contributed by atoms with Crippen LogP contribution < -0.4 is 9.80 Å². The van der Waals surface area contributed by atoms with E-state index in [0.717, 1.165) is 66.4 Å². The first-order chi connectivity index (χ1) is 23.0. The van der Waals surface area contributed by atoms with E-state index in [0.29, 0.717) is 0 Å². The third-order valence-corrected chi connectivity index (χ3v) is 8.96. The highest BCUT2D eigenvalue weighted by Gasteiger charge is 2.25. The van der Waals surface area contributed by atoms with Crippen LogP contribution in [0.5, 0.6) is 0 Å². The SMILES string of the molecule is Cc1ccc(N(c2ccccc2)c2cc(N(c3ccccc3)c3ccc(C)cc3)c3ccc4cc([N+](=O)[O-])cc5ccc2c3c54)cc1. The maximum absolute atomic E-state index is 11.9. The minimum atomic E-state index is -0.311. The van der Waals surface area contributed by atoms with Gasteiger partial charge in [0.05, 0.1) is 16.3 Å². The van der Waals surface area contributed by atoms with Crippen LogP contribution in [-0.2, 0) is 0 Å². The Balaban J connectivity index is 1.53. The van der Waals surface area contributed by atoms with Gasteiger partial charge in [0.1, 0.15) is 0 Å². The summed E-state index contributed by atoms with van der Waals surface area (Å²) < 4.78 is 0. The molecule has 0 aromatic heterocycles. The Morgan fingerprint density at radius 2 is 0.872 bits per heavy atom. The first kappa shape index (κ1) is 28.3. The van der Waals surface area contributed by atoms with Crippen LogP contribution in [0.15, 0.2) is 152 Å². The van der Waals surface area contributed by atoms with Crippen LogP contribution in [0.2, 0.25) is 0 Å². The lowest BCUT2D eigenvalue weighted by Crippen LogP contribution is -2.14. The molecule has 8 aromatic carbocycles. The zero-order valence-corrected chi connectivity index (χ0v) is 26.1. The van der Waals surface area contributed by atoms with E-state index in [1.54, 1.807) is 12.1 Å². The summed E-state index contributed by atoms with van der Waals surface area (Å²) in [6.07, 6.45) is 0. The van der Waals surface area contributed by atoms with Crippen molar-refractivity contribution in [3.8, 4) is 0 Å². The Bertz CT molecular complexity index is 2230. The molecule has 0 saturated carbocycles. The number of nitro benzene ring substituents is 1. The lowest BCUT2D eigenvalue weighted by Gasteiger charge is -2.32. The number of benzene rings is 8. The lowest BCUT2D eigenvalue weighted by atomic mass is 9.91. The van der Waals surface area contributed by atoms with Crippen molar-refractivity contribution in [2.75, 3.05) is 9.80 Å². The fourth-order valence-electron chi connectivity index (χ4n) is 6.73. The van der Waals surface area contributed by atoms with Gasteiger partial charge in [-0.25, -0.2) is 0 Å². The molecule has 5 heteroatoms. The number of anilines is 6. The van der Waals surface area contributed by atoms with E-state index in [2.05, 4.69) is 139 Å². The molecule has 0 radical (unpaired) electrons. The van der Waals surface area contributed by atoms with Crippen LogP contribution in [0.4, 0.5) is 39.8 Å². The van der Waals surface area contributed by atoms with Crippen LogP contribution in [0.25, 0.3) is 32.3 Å². The molecule has 0 N–H and O–H groups in total. The Hall–Kier alpha value is -6.20. The van der Waals surface area contributed by atoms with Gasteiger partial charge in [-0.15, -0.1) is 0 Å². The second kappa shape index (κ2) is 11.3. The van der Waals surface area contributed by atoms with Crippen molar-refractivity contribution in [3.63, 3.8) is 0 Å². The Morgan fingerprint density at radius 3 is 1.28 bits per heavy atom.